The molecule has 2 N–H and O–H groups in total. The van der Waals surface area contributed by atoms with Gasteiger partial charge in [0, 0.05) is 25.2 Å². The van der Waals surface area contributed by atoms with Crippen molar-refractivity contribution in [3.8, 4) is 0 Å². The first kappa shape index (κ1) is 8.99. The van der Waals surface area contributed by atoms with Crippen LogP contribution in [0.4, 0.5) is 10.1 Å². The lowest BCUT2D eigenvalue weighted by atomic mass is 10.1. The number of nitrogens with one attached hydrogen (secondary N) is 2. The zero-order chi connectivity index (χ0) is 9.97. The number of fused-ring (bicyclic) bond motifs is 1. The molecule has 0 bridgehead atoms. The van der Waals surface area contributed by atoms with Crippen LogP contribution in [0.3, 0.4) is 0 Å². The summed E-state index contributed by atoms with van der Waals surface area (Å²) in [6.45, 7) is 0.976. The molecule has 0 spiro atoms. The molecule has 0 unspecified atom stereocenters. The quantitative estimate of drug-likeness (QED) is 0.652. The lowest BCUT2D eigenvalue weighted by molar-refractivity contribution is -0.121. The molecule has 1 amide bonds. The molecular formula is C10H11FN2O. The summed E-state index contributed by atoms with van der Waals surface area (Å²) in [6, 6.07) is 4.55. The van der Waals surface area contributed by atoms with Gasteiger partial charge in [-0.05, 0) is 23.8 Å². The van der Waals surface area contributed by atoms with Gasteiger partial charge in [0.1, 0.15) is 5.82 Å². The molecule has 1 aromatic carbocycles. The van der Waals surface area contributed by atoms with E-state index in [0.717, 1.165) is 11.3 Å². The third kappa shape index (κ3) is 1.84. The standard InChI is InChI=1S/C10H11FN2O/c11-8-1-2-9-7(5-8)6-13-10(14)3-4-12-9/h1-2,5,12H,3-4,6H2,(H,13,14). The minimum absolute atomic E-state index is 0.00703. The van der Waals surface area contributed by atoms with E-state index in [2.05, 4.69) is 10.6 Å². The Bertz CT molecular complexity index is 365. The first-order valence-electron chi connectivity index (χ1n) is 4.55. The van der Waals surface area contributed by atoms with E-state index >= 15 is 0 Å². The van der Waals surface area contributed by atoms with Gasteiger partial charge in [-0.1, -0.05) is 0 Å². The minimum atomic E-state index is -0.277. The smallest absolute Gasteiger partial charge is 0.222 e. The highest BCUT2D eigenvalue weighted by Crippen LogP contribution is 2.17. The monoisotopic (exact) mass is 194 g/mol. The molecule has 4 heteroatoms. The number of carbonyl (C=O) groups is 1. The Labute approximate surface area is 81.3 Å². The van der Waals surface area contributed by atoms with Gasteiger partial charge in [0.2, 0.25) is 5.91 Å². The molecule has 14 heavy (non-hydrogen) atoms. The topological polar surface area (TPSA) is 41.1 Å². The SMILES string of the molecule is O=C1CCNc2ccc(F)cc2CN1. The highest BCUT2D eigenvalue weighted by Gasteiger charge is 2.09. The Kier molecular flexibility index (Phi) is 2.35. The molecule has 0 aromatic heterocycles. The first-order chi connectivity index (χ1) is 6.75. The van der Waals surface area contributed by atoms with Gasteiger partial charge in [-0.2, -0.15) is 0 Å². The molecule has 0 atom stereocenters. The molecule has 1 aliphatic heterocycles. The van der Waals surface area contributed by atoms with Crippen LogP contribution in [-0.2, 0) is 11.3 Å². The fourth-order valence-corrected chi connectivity index (χ4v) is 1.47. The second-order valence-electron chi connectivity index (χ2n) is 3.25. The maximum atomic E-state index is 12.9. The zero-order valence-corrected chi connectivity index (χ0v) is 7.64. The number of carbonyl (C=O) groups excluding carboxylic acids is 1. The van der Waals surface area contributed by atoms with Crippen LogP contribution in [0.1, 0.15) is 12.0 Å². The van der Waals surface area contributed by atoms with Crippen molar-refractivity contribution < 1.29 is 9.18 Å². The van der Waals surface area contributed by atoms with Gasteiger partial charge in [0.15, 0.2) is 0 Å². The molecule has 1 aromatic rings. The van der Waals surface area contributed by atoms with Crippen molar-refractivity contribution in [1.82, 2.24) is 5.32 Å². The van der Waals surface area contributed by atoms with Crippen molar-refractivity contribution in [2.75, 3.05) is 11.9 Å². The summed E-state index contributed by atoms with van der Waals surface area (Å²) in [5, 5.41) is 5.82. The van der Waals surface area contributed by atoms with Crippen LogP contribution >= 0.6 is 0 Å². The first-order valence-corrected chi connectivity index (χ1v) is 4.55. The molecule has 1 aliphatic rings. The lowest BCUT2D eigenvalue weighted by Gasteiger charge is -2.16. The van der Waals surface area contributed by atoms with Gasteiger partial charge in [-0.3, -0.25) is 4.79 Å². The van der Waals surface area contributed by atoms with Crippen LogP contribution in [0.25, 0.3) is 0 Å². The Hall–Kier alpha value is -1.58. The minimum Gasteiger partial charge on any atom is -0.384 e. The van der Waals surface area contributed by atoms with E-state index in [1.165, 1.54) is 12.1 Å². The Morgan fingerprint density at radius 3 is 3.00 bits per heavy atom. The van der Waals surface area contributed by atoms with E-state index in [-0.39, 0.29) is 11.7 Å². The summed E-state index contributed by atoms with van der Waals surface area (Å²) in [5.74, 6) is -0.284. The second-order valence-corrected chi connectivity index (χ2v) is 3.25. The van der Waals surface area contributed by atoms with Crippen LogP contribution in [-0.4, -0.2) is 12.5 Å². The molecule has 0 radical (unpaired) electrons. The van der Waals surface area contributed by atoms with Crippen LogP contribution in [0.15, 0.2) is 18.2 Å². The summed E-state index contributed by atoms with van der Waals surface area (Å²) in [6.07, 6.45) is 0.455. The largest absolute Gasteiger partial charge is 0.384 e. The molecular weight excluding hydrogens is 183 g/mol. The lowest BCUT2D eigenvalue weighted by Crippen LogP contribution is -2.28. The molecule has 0 aliphatic carbocycles. The number of anilines is 1. The molecule has 3 nitrogen and oxygen atoms in total. The predicted molar refractivity (Wildman–Crippen MR) is 51.4 cm³/mol. The number of amides is 1. The predicted octanol–water partition coefficient (Wildman–Crippen LogP) is 1.26. The highest BCUT2D eigenvalue weighted by molar-refractivity contribution is 5.77. The summed E-state index contributed by atoms with van der Waals surface area (Å²) < 4.78 is 12.9. The van der Waals surface area contributed by atoms with Crippen LogP contribution in [0, 0.1) is 5.82 Å². The van der Waals surface area contributed by atoms with Crippen molar-refractivity contribution in [3.63, 3.8) is 0 Å². The van der Waals surface area contributed by atoms with Crippen LogP contribution in [0.5, 0.6) is 0 Å². The van der Waals surface area contributed by atoms with Gasteiger partial charge in [0.25, 0.3) is 0 Å². The zero-order valence-electron chi connectivity index (χ0n) is 7.64. The van der Waals surface area contributed by atoms with E-state index in [4.69, 9.17) is 0 Å². The average molecular weight is 194 g/mol. The molecule has 0 saturated heterocycles. The molecule has 74 valence electrons. The molecule has 2 rings (SSSR count). The Balaban J connectivity index is 2.29. The van der Waals surface area contributed by atoms with Gasteiger partial charge in [-0.25, -0.2) is 4.39 Å². The van der Waals surface area contributed by atoms with E-state index in [9.17, 15) is 9.18 Å². The van der Waals surface area contributed by atoms with Gasteiger partial charge < -0.3 is 10.6 Å². The fraction of sp³-hybridized carbons (Fsp3) is 0.300. The maximum absolute atomic E-state index is 12.9. The van der Waals surface area contributed by atoms with E-state index in [0.29, 0.717) is 19.5 Å². The van der Waals surface area contributed by atoms with Crippen molar-refractivity contribution in [3.05, 3.63) is 29.6 Å². The number of halogens is 1. The van der Waals surface area contributed by atoms with Crippen molar-refractivity contribution in [1.29, 1.82) is 0 Å². The second kappa shape index (κ2) is 3.65. The average Bonchev–Trinajstić information content (AvgIpc) is 2.15. The van der Waals surface area contributed by atoms with Gasteiger partial charge in [-0.15, -0.1) is 0 Å². The van der Waals surface area contributed by atoms with Crippen molar-refractivity contribution >= 4 is 11.6 Å². The maximum Gasteiger partial charge on any atom is 0.222 e. The van der Waals surface area contributed by atoms with E-state index in [1.54, 1.807) is 6.07 Å². The number of benzene rings is 1. The molecule has 0 fully saturated rings. The van der Waals surface area contributed by atoms with Gasteiger partial charge >= 0.3 is 0 Å². The number of rotatable bonds is 0. The normalized spacial score (nSPS) is 15.9. The summed E-state index contributed by atoms with van der Waals surface area (Å²) >= 11 is 0. The van der Waals surface area contributed by atoms with E-state index in [1.807, 2.05) is 0 Å². The number of hydrogen-bond acceptors (Lipinski definition) is 2. The Morgan fingerprint density at radius 1 is 1.29 bits per heavy atom. The van der Waals surface area contributed by atoms with Crippen molar-refractivity contribution in [2.24, 2.45) is 0 Å². The molecule has 0 saturated carbocycles. The summed E-state index contributed by atoms with van der Waals surface area (Å²) in [7, 11) is 0. The van der Waals surface area contributed by atoms with Crippen LogP contribution < -0.4 is 10.6 Å². The third-order valence-corrected chi connectivity index (χ3v) is 2.21. The fourth-order valence-electron chi connectivity index (χ4n) is 1.47. The van der Waals surface area contributed by atoms with E-state index < -0.39 is 0 Å². The number of hydrogen-bond donors (Lipinski definition) is 2. The summed E-state index contributed by atoms with van der Waals surface area (Å²) in [4.78, 5) is 11.1. The summed E-state index contributed by atoms with van der Waals surface area (Å²) in [5.41, 5.74) is 1.68. The Morgan fingerprint density at radius 2 is 2.14 bits per heavy atom. The highest BCUT2D eigenvalue weighted by atomic mass is 19.1. The van der Waals surface area contributed by atoms with Gasteiger partial charge in [0.05, 0.1) is 0 Å². The van der Waals surface area contributed by atoms with Crippen molar-refractivity contribution in [2.45, 2.75) is 13.0 Å². The third-order valence-electron chi connectivity index (χ3n) is 2.21. The van der Waals surface area contributed by atoms with Crippen LogP contribution in [0.2, 0.25) is 0 Å². The molecule has 1 heterocycles.